The number of hydrogen-bond donors (Lipinski definition) is 1. The first-order valence-electron chi connectivity index (χ1n) is 9.71. The van der Waals surface area contributed by atoms with Crippen molar-refractivity contribution in [1.29, 1.82) is 0 Å². The summed E-state index contributed by atoms with van der Waals surface area (Å²) in [6.07, 6.45) is 1.27. The molecule has 0 atom stereocenters. The van der Waals surface area contributed by atoms with Crippen molar-refractivity contribution in [3.05, 3.63) is 76.2 Å². The van der Waals surface area contributed by atoms with Gasteiger partial charge in [0.25, 0.3) is 5.91 Å². The third kappa shape index (κ3) is 4.05. The molecule has 0 spiro atoms. The number of aromatic nitrogens is 3. The minimum absolute atomic E-state index is 0.0111. The number of rotatable bonds is 4. The van der Waals surface area contributed by atoms with Crippen molar-refractivity contribution in [2.45, 2.75) is 26.2 Å². The van der Waals surface area contributed by atoms with Gasteiger partial charge in [0.05, 0.1) is 13.3 Å². The highest BCUT2D eigenvalue weighted by molar-refractivity contribution is 6.04. The molecule has 0 aliphatic heterocycles. The summed E-state index contributed by atoms with van der Waals surface area (Å²) in [5.41, 5.74) is 1.68. The fourth-order valence-electron chi connectivity index (χ4n) is 3.04. The van der Waals surface area contributed by atoms with Gasteiger partial charge in [-0.3, -0.25) is 9.59 Å². The standard InChI is InChI=1S/C23H22N4O4/c1-23(2,3)16-9-5-14(6-10-16)19(28)25-18-13-24-22-27(21(18)29)26-20(31-22)15-7-11-17(30-4)12-8-15/h5-13H,1-4H3,(H,25,28). The molecule has 4 rings (SSSR count). The number of amides is 1. The van der Waals surface area contributed by atoms with Crippen LogP contribution in [0.15, 0.2) is 63.9 Å². The summed E-state index contributed by atoms with van der Waals surface area (Å²) >= 11 is 0. The molecule has 0 bridgehead atoms. The van der Waals surface area contributed by atoms with E-state index in [9.17, 15) is 9.59 Å². The molecule has 0 saturated carbocycles. The Balaban J connectivity index is 1.60. The zero-order chi connectivity index (χ0) is 22.2. The fourth-order valence-corrected chi connectivity index (χ4v) is 3.04. The van der Waals surface area contributed by atoms with E-state index >= 15 is 0 Å². The second-order valence-corrected chi connectivity index (χ2v) is 8.09. The number of nitrogens with one attached hydrogen (secondary N) is 1. The Kier molecular flexibility index (Phi) is 5.06. The van der Waals surface area contributed by atoms with E-state index in [2.05, 4.69) is 36.2 Å². The molecule has 0 saturated heterocycles. The molecule has 8 heteroatoms. The van der Waals surface area contributed by atoms with E-state index in [-0.39, 0.29) is 22.8 Å². The van der Waals surface area contributed by atoms with Crippen LogP contribution in [0.25, 0.3) is 17.3 Å². The second kappa shape index (κ2) is 7.71. The van der Waals surface area contributed by atoms with Crippen LogP contribution in [-0.2, 0) is 5.41 Å². The summed E-state index contributed by atoms with van der Waals surface area (Å²) in [5.74, 6) is 0.547. The minimum Gasteiger partial charge on any atom is -0.497 e. The molecule has 0 fully saturated rings. The number of anilines is 1. The number of methoxy groups -OCH3 is 1. The zero-order valence-corrected chi connectivity index (χ0v) is 17.7. The van der Waals surface area contributed by atoms with Crippen molar-refractivity contribution in [3.8, 4) is 17.2 Å². The maximum absolute atomic E-state index is 12.8. The molecular weight excluding hydrogens is 396 g/mol. The van der Waals surface area contributed by atoms with Gasteiger partial charge in [-0.05, 0) is 47.4 Å². The highest BCUT2D eigenvalue weighted by atomic mass is 16.5. The summed E-state index contributed by atoms with van der Waals surface area (Å²) in [6, 6.07) is 14.3. The minimum atomic E-state index is -0.534. The number of carbonyl (C=O) groups is 1. The Morgan fingerprint density at radius 1 is 1.06 bits per heavy atom. The lowest BCUT2D eigenvalue weighted by atomic mass is 9.87. The fraction of sp³-hybridized carbons (Fsp3) is 0.217. The largest absolute Gasteiger partial charge is 0.497 e. The normalized spacial score (nSPS) is 11.5. The van der Waals surface area contributed by atoms with Gasteiger partial charge in [-0.25, -0.2) is 4.98 Å². The average molecular weight is 418 g/mol. The number of nitrogens with zero attached hydrogens (tertiary/aromatic N) is 3. The van der Waals surface area contributed by atoms with Crippen LogP contribution in [0.3, 0.4) is 0 Å². The molecule has 158 valence electrons. The zero-order valence-electron chi connectivity index (χ0n) is 17.7. The van der Waals surface area contributed by atoms with Crippen LogP contribution in [0.5, 0.6) is 5.75 Å². The molecular formula is C23H22N4O4. The number of carbonyl (C=O) groups excluding carboxylic acids is 1. The molecule has 1 N–H and O–H groups in total. The Labute approximate surface area is 178 Å². The van der Waals surface area contributed by atoms with Crippen molar-refractivity contribution in [1.82, 2.24) is 14.6 Å². The third-order valence-corrected chi connectivity index (χ3v) is 4.89. The molecule has 2 aromatic carbocycles. The molecule has 1 amide bonds. The highest BCUT2D eigenvalue weighted by Crippen LogP contribution is 2.23. The smallest absolute Gasteiger partial charge is 0.328 e. The molecule has 0 unspecified atom stereocenters. The number of fused-ring (bicyclic) bond motifs is 1. The van der Waals surface area contributed by atoms with Gasteiger partial charge in [0.1, 0.15) is 11.4 Å². The van der Waals surface area contributed by atoms with Gasteiger partial charge in [-0.1, -0.05) is 32.9 Å². The van der Waals surface area contributed by atoms with Gasteiger partial charge in [0.15, 0.2) is 0 Å². The van der Waals surface area contributed by atoms with E-state index < -0.39 is 11.5 Å². The van der Waals surface area contributed by atoms with Crippen LogP contribution in [0.2, 0.25) is 0 Å². The van der Waals surface area contributed by atoms with Crippen molar-refractivity contribution in [2.24, 2.45) is 0 Å². The van der Waals surface area contributed by atoms with Gasteiger partial charge < -0.3 is 14.5 Å². The van der Waals surface area contributed by atoms with Crippen molar-refractivity contribution in [2.75, 3.05) is 12.4 Å². The summed E-state index contributed by atoms with van der Waals surface area (Å²) < 4.78 is 11.7. The average Bonchev–Trinajstić information content (AvgIpc) is 3.20. The molecule has 0 aliphatic carbocycles. The van der Waals surface area contributed by atoms with Gasteiger partial charge >= 0.3 is 11.4 Å². The van der Waals surface area contributed by atoms with Crippen molar-refractivity contribution in [3.63, 3.8) is 0 Å². The molecule has 0 aliphatic rings. The molecule has 8 nitrogen and oxygen atoms in total. The van der Waals surface area contributed by atoms with Crippen molar-refractivity contribution < 1.29 is 13.9 Å². The summed E-state index contributed by atoms with van der Waals surface area (Å²) in [4.78, 5) is 29.5. The van der Waals surface area contributed by atoms with E-state index in [4.69, 9.17) is 9.15 Å². The van der Waals surface area contributed by atoms with Crippen LogP contribution in [0.4, 0.5) is 5.69 Å². The first-order chi connectivity index (χ1) is 14.8. The Morgan fingerprint density at radius 2 is 1.74 bits per heavy atom. The Hall–Kier alpha value is -3.94. The SMILES string of the molecule is COc1ccc(-c2nn3c(=O)c(NC(=O)c4ccc(C(C)(C)C)cc4)cnc3o2)cc1. The lowest BCUT2D eigenvalue weighted by Gasteiger charge is -2.19. The van der Waals surface area contributed by atoms with E-state index in [1.165, 1.54) is 6.20 Å². The Bertz CT molecular complexity index is 1300. The predicted octanol–water partition coefficient (Wildman–Crippen LogP) is 3.91. The molecule has 4 aromatic rings. The predicted molar refractivity (Wildman–Crippen MR) is 117 cm³/mol. The number of benzene rings is 2. The summed E-state index contributed by atoms with van der Waals surface area (Å²) in [6.45, 7) is 6.30. The second-order valence-electron chi connectivity index (χ2n) is 8.09. The summed E-state index contributed by atoms with van der Waals surface area (Å²) in [7, 11) is 1.58. The molecule has 2 heterocycles. The first kappa shape index (κ1) is 20.3. The monoisotopic (exact) mass is 418 g/mol. The maximum atomic E-state index is 12.8. The highest BCUT2D eigenvalue weighted by Gasteiger charge is 2.17. The lowest BCUT2D eigenvalue weighted by molar-refractivity contribution is 0.102. The van der Waals surface area contributed by atoms with Crippen LogP contribution >= 0.6 is 0 Å². The lowest BCUT2D eigenvalue weighted by Crippen LogP contribution is -2.23. The Morgan fingerprint density at radius 3 is 2.35 bits per heavy atom. The molecule has 0 radical (unpaired) electrons. The van der Waals surface area contributed by atoms with Crippen molar-refractivity contribution >= 4 is 17.4 Å². The van der Waals surface area contributed by atoms with Gasteiger partial charge in [-0.15, -0.1) is 9.61 Å². The first-order valence-corrected chi connectivity index (χ1v) is 9.71. The number of hydrogen-bond acceptors (Lipinski definition) is 6. The topological polar surface area (TPSA) is 98.7 Å². The molecule has 2 aromatic heterocycles. The summed E-state index contributed by atoms with van der Waals surface area (Å²) in [5, 5.41) is 6.81. The van der Waals surface area contributed by atoms with Crippen LogP contribution < -0.4 is 15.6 Å². The number of ether oxygens (including phenoxy) is 1. The van der Waals surface area contributed by atoms with Gasteiger partial charge in [-0.2, -0.15) is 0 Å². The van der Waals surface area contributed by atoms with Gasteiger partial charge in [0.2, 0.25) is 5.89 Å². The molecule has 31 heavy (non-hydrogen) atoms. The van der Waals surface area contributed by atoms with Crippen LogP contribution in [-0.4, -0.2) is 27.6 Å². The van der Waals surface area contributed by atoms with E-state index in [1.807, 2.05) is 12.1 Å². The van der Waals surface area contributed by atoms with E-state index in [0.717, 1.165) is 10.1 Å². The maximum Gasteiger partial charge on any atom is 0.328 e. The third-order valence-electron chi connectivity index (χ3n) is 4.89. The van der Waals surface area contributed by atoms with E-state index in [1.54, 1.807) is 43.5 Å². The van der Waals surface area contributed by atoms with Crippen LogP contribution in [0.1, 0.15) is 36.7 Å². The van der Waals surface area contributed by atoms with Crippen LogP contribution in [0, 0.1) is 0 Å². The van der Waals surface area contributed by atoms with Gasteiger partial charge in [0, 0.05) is 11.1 Å². The quantitative estimate of drug-likeness (QED) is 0.540. The van der Waals surface area contributed by atoms with E-state index in [0.29, 0.717) is 16.9 Å².